The highest BCUT2D eigenvalue weighted by molar-refractivity contribution is 6.10. The molecule has 8 nitrogen and oxygen atoms in total. The van der Waals surface area contributed by atoms with Crippen molar-refractivity contribution in [3.05, 3.63) is 72.2 Å². The number of carbonyl (C=O) groups excluding carboxylic acids is 1. The number of allylic oxidation sites excluding steroid dienone is 2. The number of fused-ring (bicyclic) bond motifs is 1. The lowest BCUT2D eigenvalue weighted by atomic mass is 10.1. The fourth-order valence-corrected chi connectivity index (χ4v) is 4.36. The maximum atomic E-state index is 15.1. The number of nitrogen functional groups attached to an aromatic ring is 1. The molecule has 2 aliphatic rings. The smallest absolute Gasteiger partial charge is 0.259 e. The Bertz CT molecular complexity index is 1320. The average Bonchev–Trinajstić information content (AvgIpc) is 3.29. The van der Waals surface area contributed by atoms with E-state index in [2.05, 4.69) is 27.2 Å². The molecule has 0 radical (unpaired) electrons. The van der Waals surface area contributed by atoms with Crippen LogP contribution in [-0.4, -0.2) is 44.6 Å². The quantitative estimate of drug-likeness (QED) is 0.643. The normalized spacial score (nSPS) is 18.5. The Kier molecular flexibility index (Phi) is 5.47. The zero-order valence-electron chi connectivity index (χ0n) is 18.2. The molecule has 4 heterocycles. The molecule has 3 N–H and O–H groups in total. The van der Waals surface area contributed by atoms with E-state index in [0.717, 1.165) is 31.6 Å². The molecule has 33 heavy (non-hydrogen) atoms. The maximum Gasteiger partial charge on any atom is 0.259 e. The summed E-state index contributed by atoms with van der Waals surface area (Å²) in [6.45, 7) is 0.990. The SMILES string of the molecule is CN1CCC[C@H]1c1nc(-c2ccc(C(=O)NC3=NC=CCC=C3)c(F)c2)c2c(N)nccn12. The molecule has 0 saturated carbocycles. The van der Waals surface area contributed by atoms with Crippen molar-refractivity contribution in [1.29, 1.82) is 0 Å². The van der Waals surface area contributed by atoms with Crippen LogP contribution in [0, 0.1) is 5.82 Å². The molecule has 0 bridgehead atoms. The minimum atomic E-state index is -0.651. The van der Waals surface area contributed by atoms with Gasteiger partial charge < -0.3 is 11.1 Å². The van der Waals surface area contributed by atoms with Crippen molar-refractivity contribution in [3.63, 3.8) is 0 Å². The molecule has 0 unspecified atom stereocenters. The van der Waals surface area contributed by atoms with E-state index in [4.69, 9.17) is 10.7 Å². The van der Waals surface area contributed by atoms with Crippen LogP contribution in [0.2, 0.25) is 0 Å². The molecular weight excluding hydrogens is 421 g/mol. The van der Waals surface area contributed by atoms with Crippen molar-refractivity contribution in [2.45, 2.75) is 25.3 Å². The third-order valence-electron chi connectivity index (χ3n) is 6.02. The molecule has 2 aliphatic heterocycles. The molecule has 1 atom stereocenters. The number of likely N-dealkylation sites (tertiary alicyclic amines) is 1. The summed E-state index contributed by atoms with van der Waals surface area (Å²) in [5, 5.41) is 2.64. The number of hydrogen-bond acceptors (Lipinski definition) is 6. The Morgan fingerprint density at radius 3 is 2.97 bits per heavy atom. The number of benzene rings is 1. The number of halogens is 1. The number of imidazole rings is 1. The first-order chi connectivity index (χ1) is 16.0. The van der Waals surface area contributed by atoms with Gasteiger partial charge in [-0.25, -0.2) is 19.4 Å². The second-order valence-electron chi connectivity index (χ2n) is 8.17. The first-order valence-corrected chi connectivity index (χ1v) is 10.9. The van der Waals surface area contributed by atoms with Crippen molar-refractivity contribution in [3.8, 4) is 11.3 Å². The van der Waals surface area contributed by atoms with Crippen molar-refractivity contribution in [1.82, 2.24) is 24.6 Å². The maximum absolute atomic E-state index is 15.1. The van der Waals surface area contributed by atoms with Gasteiger partial charge in [-0.1, -0.05) is 18.2 Å². The van der Waals surface area contributed by atoms with E-state index in [1.165, 1.54) is 12.1 Å². The van der Waals surface area contributed by atoms with E-state index in [0.29, 0.717) is 28.4 Å². The molecule has 3 aromatic rings. The number of amides is 1. The molecule has 1 fully saturated rings. The molecule has 1 saturated heterocycles. The predicted molar refractivity (Wildman–Crippen MR) is 125 cm³/mol. The van der Waals surface area contributed by atoms with Crippen LogP contribution in [0.3, 0.4) is 0 Å². The van der Waals surface area contributed by atoms with Gasteiger partial charge in [-0.2, -0.15) is 0 Å². The topological polar surface area (TPSA) is 101 Å². The minimum absolute atomic E-state index is 0.0755. The van der Waals surface area contributed by atoms with E-state index in [-0.39, 0.29) is 11.6 Å². The number of anilines is 1. The zero-order valence-corrected chi connectivity index (χ0v) is 18.2. The third-order valence-corrected chi connectivity index (χ3v) is 6.02. The van der Waals surface area contributed by atoms with Crippen molar-refractivity contribution < 1.29 is 9.18 Å². The van der Waals surface area contributed by atoms with Crippen molar-refractivity contribution >= 4 is 23.1 Å². The number of aliphatic imine (C=N–C) groups is 1. The first-order valence-electron chi connectivity index (χ1n) is 10.9. The third kappa shape index (κ3) is 3.91. The van der Waals surface area contributed by atoms with E-state index in [1.807, 2.05) is 22.7 Å². The number of aromatic nitrogens is 3. The van der Waals surface area contributed by atoms with Gasteiger partial charge in [0.2, 0.25) is 0 Å². The number of nitrogens with two attached hydrogens (primary N) is 1. The number of rotatable bonds is 3. The van der Waals surface area contributed by atoms with Crippen LogP contribution < -0.4 is 11.1 Å². The summed E-state index contributed by atoms with van der Waals surface area (Å²) in [5.41, 5.74) is 7.84. The van der Waals surface area contributed by atoms with Crippen molar-refractivity contribution in [2.24, 2.45) is 4.99 Å². The van der Waals surface area contributed by atoms with Gasteiger partial charge in [0.15, 0.2) is 0 Å². The monoisotopic (exact) mass is 445 g/mol. The van der Waals surface area contributed by atoms with Crippen LogP contribution in [-0.2, 0) is 0 Å². The Morgan fingerprint density at radius 1 is 1.30 bits per heavy atom. The van der Waals surface area contributed by atoms with Gasteiger partial charge in [0.1, 0.15) is 34.5 Å². The second-order valence-corrected chi connectivity index (χ2v) is 8.17. The minimum Gasteiger partial charge on any atom is -0.382 e. The number of carbonyl (C=O) groups is 1. The fourth-order valence-electron chi connectivity index (χ4n) is 4.36. The zero-order chi connectivity index (χ0) is 22.9. The Hall–Kier alpha value is -3.85. The lowest BCUT2D eigenvalue weighted by Crippen LogP contribution is -2.29. The largest absolute Gasteiger partial charge is 0.382 e. The summed E-state index contributed by atoms with van der Waals surface area (Å²) in [6.07, 6.45) is 13.3. The summed E-state index contributed by atoms with van der Waals surface area (Å²) >= 11 is 0. The second kappa shape index (κ2) is 8.59. The highest BCUT2D eigenvalue weighted by Gasteiger charge is 2.29. The van der Waals surface area contributed by atoms with Crippen LogP contribution in [0.1, 0.15) is 41.5 Å². The summed E-state index contributed by atoms with van der Waals surface area (Å²) in [5.74, 6) is 0.313. The highest BCUT2D eigenvalue weighted by Crippen LogP contribution is 2.35. The predicted octanol–water partition coefficient (Wildman–Crippen LogP) is 3.49. The summed E-state index contributed by atoms with van der Waals surface area (Å²) < 4.78 is 17.0. The Balaban J connectivity index is 1.52. The lowest BCUT2D eigenvalue weighted by Gasteiger charge is -2.18. The van der Waals surface area contributed by atoms with Gasteiger partial charge in [0.25, 0.3) is 5.91 Å². The summed E-state index contributed by atoms with van der Waals surface area (Å²) in [4.78, 5) is 28.1. The first kappa shape index (κ1) is 21.0. The van der Waals surface area contributed by atoms with Crippen molar-refractivity contribution in [2.75, 3.05) is 19.3 Å². The van der Waals surface area contributed by atoms with Gasteiger partial charge in [0, 0.05) is 24.2 Å². The fraction of sp³-hybridized carbons (Fsp3) is 0.250. The number of nitrogens with one attached hydrogen (secondary N) is 1. The Labute approximate surface area is 190 Å². The number of amidine groups is 1. The van der Waals surface area contributed by atoms with E-state index in [1.54, 1.807) is 24.5 Å². The molecule has 0 spiro atoms. The van der Waals surface area contributed by atoms with E-state index >= 15 is 4.39 Å². The molecule has 5 rings (SSSR count). The van der Waals surface area contributed by atoms with Gasteiger partial charge in [-0.05, 0) is 51.1 Å². The van der Waals surface area contributed by atoms with Crippen LogP contribution in [0.15, 0.2) is 60.0 Å². The molecule has 1 amide bonds. The molecule has 9 heteroatoms. The van der Waals surface area contributed by atoms with Gasteiger partial charge in [-0.15, -0.1) is 0 Å². The van der Waals surface area contributed by atoms with Gasteiger partial charge in [-0.3, -0.25) is 14.1 Å². The number of hydrogen-bond donors (Lipinski definition) is 2. The van der Waals surface area contributed by atoms with Crippen LogP contribution in [0.5, 0.6) is 0 Å². The standard InChI is InChI=1S/C24H24FN7O/c1-31-12-5-6-18(31)23-30-20(21-22(26)28-11-13-32(21)23)15-8-9-16(17(25)14-15)24(33)29-19-7-3-2-4-10-27-19/h3-4,7-11,13-14,18H,2,5-6,12H2,1H3,(H2,26,28)(H,27,29,33)/t18-/m0/s1. The molecule has 1 aromatic carbocycles. The molecule has 168 valence electrons. The van der Waals surface area contributed by atoms with Gasteiger partial charge >= 0.3 is 0 Å². The molecule has 0 aliphatic carbocycles. The molecule has 2 aromatic heterocycles. The summed E-state index contributed by atoms with van der Waals surface area (Å²) in [6, 6.07) is 4.59. The van der Waals surface area contributed by atoms with Gasteiger partial charge in [0.05, 0.1) is 11.6 Å². The van der Waals surface area contributed by atoms with Crippen LogP contribution >= 0.6 is 0 Å². The van der Waals surface area contributed by atoms with Crippen LogP contribution in [0.4, 0.5) is 10.2 Å². The summed E-state index contributed by atoms with van der Waals surface area (Å²) in [7, 11) is 2.07. The lowest BCUT2D eigenvalue weighted by molar-refractivity contribution is 0.0973. The van der Waals surface area contributed by atoms with E-state index in [9.17, 15) is 4.79 Å². The Morgan fingerprint density at radius 2 is 2.18 bits per heavy atom. The molecular formula is C24H24FN7O. The number of nitrogens with zero attached hydrogens (tertiary/aromatic N) is 5. The van der Waals surface area contributed by atoms with E-state index < -0.39 is 11.7 Å². The average molecular weight is 446 g/mol. The highest BCUT2D eigenvalue weighted by atomic mass is 19.1. The van der Waals surface area contributed by atoms with Crippen LogP contribution in [0.25, 0.3) is 16.8 Å².